The van der Waals surface area contributed by atoms with Crippen molar-refractivity contribution >= 4 is 33.5 Å². The molecular formula is C36H36N4O12S2. The van der Waals surface area contributed by atoms with E-state index in [4.69, 9.17) is 37.9 Å². The van der Waals surface area contributed by atoms with E-state index >= 15 is 0 Å². The summed E-state index contributed by atoms with van der Waals surface area (Å²) in [5.41, 5.74) is 0.957. The van der Waals surface area contributed by atoms with Crippen molar-refractivity contribution in [3.05, 3.63) is 96.3 Å². The summed E-state index contributed by atoms with van der Waals surface area (Å²) in [4.78, 5) is 40.6. The molecule has 54 heavy (non-hydrogen) atoms. The van der Waals surface area contributed by atoms with Crippen LogP contribution in [0.15, 0.2) is 95.5 Å². The average Bonchev–Trinajstić information content (AvgIpc) is 3.98. The van der Waals surface area contributed by atoms with Crippen molar-refractivity contribution in [2.45, 2.75) is 59.1 Å². The summed E-state index contributed by atoms with van der Waals surface area (Å²) in [6.45, 7) is 1.03. The van der Waals surface area contributed by atoms with Crippen molar-refractivity contribution in [1.29, 1.82) is 0 Å². The molecule has 8 atom stereocenters. The minimum absolute atomic E-state index is 0.109. The average molecular weight is 781 g/mol. The number of esters is 2. The summed E-state index contributed by atoms with van der Waals surface area (Å²) < 4.78 is 69.0. The fourth-order valence-electron chi connectivity index (χ4n) is 6.19. The Kier molecular flexibility index (Phi) is 11.7. The Morgan fingerprint density at radius 2 is 1.06 bits per heavy atom. The first kappa shape index (κ1) is 37.6. The maximum absolute atomic E-state index is 12.3. The molecule has 0 bridgehead atoms. The van der Waals surface area contributed by atoms with Gasteiger partial charge in [-0.2, -0.15) is 9.97 Å². The van der Waals surface area contributed by atoms with Gasteiger partial charge >= 0.3 is 11.9 Å². The van der Waals surface area contributed by atoms with Gasteiger partial charge in [-0.25, -0.2) is 28.0 Å². The van der Waals surface area contributed by atoms with Crippen molar-refractivity contribution < 1.29 is 55.9 Å². The van der Waals surface area contributed by atoms with Gasteiger partial charge in [0.2, 0.25) is 26.8 Å². The highest BCUT2D eigenvalue weighted by molar-refractivity contribution is 7.98. The Labute approximate surface area is 314 Å². The third-order valence-corrected chi connectivity index (χ3v) is 10.2. The maximum Gasteiger partial charge on any atom is 0.338 e. The van der Waals surface area contributed by atoms with Gasteiger partial charge in [-0.1, -0.05) is 48.2 Å². The van der Waals surface area contributed by atoms with Gasteiger partial charge in [0.1, 0.15) is 24.4 Å². The van der Waals surface area contributed by atoms with Crippen LogP contribution in [0.25, 0.3) is 0 Å². The summed E-state index contributed by atoms with van der Waals surface area (Å²) >= 11 is 1.44. The summed E-state index contributed by atoms with van der Waals surface area (Å²) in [5.74, 6) is -0.241. The summed E-state index contributed by atoms with van der Waals surface area (Å²) in [6, 6.07) is 20.7. The van der Waals surface area contributed by atoms with Crippen LogP contribution in [-0.4, -0.2) is 128 Å². The molecule has 18 heteroatoms. The minimum Gasteiger partial charge on any atom is -0.469 e. The number of ether oxygens (including phenoxy) is 8. The second-order valence-corrected chi connectivity index (χ2v) is 15.1. The molecular weight excluding hydrogens is 745 g/mol. The lowest BCUT2D eigenvalue weighted by molar-refractivity contribution is -0.0195. The molecule has 0 saturated carbocycles. The molecule has 4 aliphatic rings. The Hall–Kier alpha value is -4.72. The van der Waals surface area contributed by atoms with Gasteiger partial charge < -0.3 is 37.9 Å². The first-order valence-corrected chi connectivity index (χ1v) is 20.0. The van der Waals surface area contributed by atoms with Crippen LogP contribution >= 0.6 is 11.8 Å². The number of hydrogen-bond acceptors (Lipinski definition) is 17. The monoisotopic (exact) mass is 780 g/mol. The van der Waals surface area contributed by atoms with Crippen LogP contribution in [0.2, 0.25) is 0 Å². The van der Waals surface area contributed by atoms with Crippen LogP contribution in [0.4, 0.5) is 0 Å². The van der Waals surface area contributed by atoms with E-state index in [1.165, 1.54) is 24.0 Å². The number of rotatable bonds is 10. The molecule has 0 spiro atoms. The first-order chi connectivity index (χ1) is 26.2. The molecule has 0 aliphatic carbocycles. The molecule has 2 aromatic carbocycles. The van der Waals surface area contributed by atoms with Crippen LogP contribution in [0.3, 0.4) is 0 Å². The molecule has 8 rings (SSSR count). The highest BCUT2D eigenvalue weighted by atomic mass is 32.2. The fourth-order valence-corrected chi connectivity index (χ4v) is 7.05. The Balaban J connectivity index is 0.000000167. The number of fused-ring (bicyclic) bond motifs is 2. The molecule has 4 aromatic rings. The zero-order chi connectivity index (χ0) is 37.7. The number of carbonyl (C=O) groups excluding carboxylic acids is 2. The normalized spacial score (nSPS) is 26.9. The number of carbonyl (C=O) groups is 2. The largest absolute Gasteiger partial charge is 0.469 e. The van der Waals surface area contributed by atoms with E-state index in [0.29, 0.717) is 28.8 Å². The lowest BCUT2D eigenvalue weighted by atomic mass is 10.1. The number of thioether (sulfide) groups is 1. The number of nitrogens with zero attached hydrogens (tertiary/aromatic N) is 4. The second kappa shape index (κ2) is 16.7. The SMILES string of the molecule is CS(=O)(=O)c1nccc(OC2CO[C@@H]3[C@@H](OC(=O)c4ccccc4)CO[C@H]23)n1.CSc1nccc(OC2CO[C@@H]3[C@@H](OC(=O)c4ccccc4)CO[C@H]23)n1. The van der Waals surface area contributed by atoms with Gasteiger partial charge in [0.25, 0.3) is 0 Å². The van der Waals surface area contributed by atoms with E-state index in [-0.39, 0.29) is 55.1 Å². The van der Waals surface area contributed by atoms with E-state index in [9.17, 15) is 18.0 Å². The molecule has 4 aliphatic heterocycles. The Morgan fingerprint density at radius 1 is 0.630 bits per heavy atom. The Morgan fingerprint density at radius 3 is 1.52 bits per heavy atom. The van der Waals surface area contributed by atoms with Crippen molar-refractivity contribution in [2.24, 2.45) is 0 Å². The van der Waals surface area contributed by atoms with Crippen LogP contribution in [0.1, 0.15) is 20.7 Å². The molecule has 6 heterocycles. The third kappa shape index (κ3) is 8.80. The first-order valence-electron chi connectivity index (χ1n) is 16.9. The molecule has 0 amide bonds. The minimum atomic E-state index is -3.55. The summed E-state index contributed by atoms with van der Waals surface area (Å²) in [6.07, 6.45) is 2.53. The molecule has 4 saturated heterocycles. The van der Waals surface area contributed by atoms with Crippen LogP contribution in [-0.2, 0) is 38.3 Å². The van der Waals surface area contributed by atoms with Crippen LogP contribution in [0, 0.1) is 0 Å². The zero-order valence-corrected chi connectivity index (χ0v) is 30.7. The molecule has 284 valence electrons. The van der Waals surface area contributed by atoms with Gasteiger partial charge in [-0.15, -0.1) is 0 Å². The van der Waals surface area contributed by atoms with Gasteiger partial charge in [0.15, 0.2) is 29.6 Å². The van der Waals surface area contributed by atoms with E-state index < -0.39 is 46.3 Å². The smallest absolute Gasteiger partial charge is 0.338 e. The highest BCUT2D eigenvalue weighted by Gasteiger charge is 2.52. The molecule has 2 unspecified atom stereocenters. The molecule has 16 nitrogen and oxygen atoms in total. The van der Waals surface area contributed by atoms with Gasteiger partial charge in [0, 0.05) is 30.8 Å². The van der Waals surface area contributed by atoms with Gasteiger partial charge in [-0.05, 0) is 30.5 Å². The van der Waals surface area contributed by atoms with Crippen molar-refractivity contribution in [3.8, 4) is 11.8 Å². The fraction of sp³-hybridized carbons (Fsp3) is 0.389. The quantitative estimate of drug-likeness (QED) is 0.129. The summed E-state index contributed by atoms with van der Waals surface area (Å²) in [7, 11) is -3.55. The number of benzene rings is 2. The Bertz CT molecular complexity index is 2030. The van der Waals surface area contributed by atoms with E-state index in [1.807, 2.05) is 18.4 Å². The number of aromatic nitrogens is 4. The van der Waals surface area contributed by atoms with Crippen molar-refractivity contribution in [2.75, 3.05) is 38.9 Å². The van der Waals surface area contributed by atoms with E-state index in [0.717, 1.165) is 6.26 Å². The van der Waals surface area contributed by atoms with Crippen molar-refractivity contribution in [3.63, 3.8) is 0 Å². The molecule has 2 aromatic heterocycles. The molecule has 0 N–H and O–H groups in total. The lowest BCUT2D eigenvalue weighted by Crippen LogP contribution is -2.36. The number of sulfone groups is 1. The predicted molar refractivity (Wildman–Crippen MR) is 188 cm³/mol. The van der Waals surface area contributed by atoms with Crippen LogP contribution in [0.5, 0.6) is 11.8 Å². The van der Waals surface area contributed by atoms with Gasteiger partial charge in [-0.3, -0.25) is 0 Å². The number of hydrogen-bond donors (Lipinski definition) is 0. The third-order valence-electron chi connectivity index (χ3n) is 8.74. The van der Waals surface area contributed by atoms with E-state index in [2.05, 4.69) is 19.9 Å². The van der Waals surface area contributed by atoms with Gasteiger partial charge in [0.05, 0.1) is 37.6 Å². The standard InChI is InChI=1S/C18H18N2O7S.C18H18N2O5S/c1-28(22,23)18-19-8-7-14(20-18)26-12-9-24-16-13(10-25-15(12)16)27-17(21)11-5-3-2-4-6-11;1-26-18-19-8-7-14(20-18)24-12-9-22-16-13(10-23-15(12)16)25-17(21)11-5-3-2-4-6-11/h2-8,12-13,15-16H,9-10H2,1H3;2-8,12-13,15-16H,9-10H2,1H3/t2*12?,13-,15+,16+/m00/s1. The molecule has 0 radical (unpaired) electrons. The molecule has 4 fully saturated rings. The lowest BCUT2D eigenvalue weighted by Gasteiger charge is -2.17. The topological polar surface area (TPSA) is 194 Å². The van der Waals surface area contributed by atoms with E-state index in [1.54, 1.807) is 60.8 Å². The predicted octanol–water partition coefficient (Wildman–Crippen LogP) is 2.62. The summed E-state index contributed by atoms with van der Waals surface area (Å²) in [5, 5.41) is 0.322. The second-order valence-electron chi connectivity index (χ2n) is 12.5. The zero-order valence-electron chi connectivity index (χ0n) is 29.0. The highest BCUT2D eigenvalue weighted by Crippen LogP contribution is 2.33. The van der Waals surface area contributed by atoms with Crippen molar-refractivity contribution in [1.82, 2.24) is 19.9 Å². The van der Waals surface area contributed by atoms with Crippen LogP contribution < -0.4 is 9.47 Å². The maximum atomic E-state index is 12.3.